The van der Waals surface area contributed by atoms with Gasteiger partial charge < -0.3 is 10.2 Å². The van der Waals surface area contributed by atoms with E-state index >= 15 is 0 Å². The molecule has 0 aliphatic carbocycles. The molecule has 7 nitrogen and oxygen atoms in total. The van der Waals surface area contributed by atoms with Gasteiger partial charge in [-0.3, -0.25) is 0 Å². The average Bonchev–Trinajstić information content (AvgIpc) is 3.04. The summed E-state index contributed by atoms with van der Waals surface area (Å²) in [5, 5.41) is 20.7. The van der Waals surface area contributed by atoms with Gasteiger partial charge in [-0.05, 0) is 29.8 Å². The predicted octanol–water partition coefficient (Wildman–Crippen LogP) is 0.333. The van der Waals surface area contributed by atoms with E-state index in [4.69, 9.17) is 16.1 Å². The number of hydrogen-bond acceptors (Lipinski definition) is 3. The zero-order valence-corrected chi connectivity index (χ0v) is 14.5. The maximum atomic E-state index is 11.7. The van der Waals surface area contributed by atoms with Crippen LogP contribution in [0, 0.1) is 0 Å². The Labute approximate surface area is 154 Å². The topological polar surface area (TPSA) is 93.5 Å². The number of benzene rings is 2. The largest absolute Gasteiger partial charge is 0.554 e. The van der Waals surface area contributed by atoms with Crippen LogP contribution in [0.25, 0.3) is 0 Å². The normalized spacial score (nSPS) is 12.9. The maximum Gasteiger partial charge on any atom is 0.554 e. The number of nitrogens with zero attached hydrogens (tertiary/aromatic N) is 2. The molecule has 0 bridgehead atoms. The lowest BCUT2D eigenvalue weighted by molar-refractivity contribution is -0.804. The highest BCUT2D eigenvalue weighted by molar-refractivity contribution is 6.30. The Balaban J connectivity index is 1.93. The second-order valence-electron chi connectivity index (χ2n) is 5.67. The highest BCUT2D eigenvalue weighted by atomic mass is 35.5. The zero-order chi connectivity index (χ0) is 18.5. The van der Waals surface area contributed by atoms with Gasteiger partial charge in [0.2, 0.25) is 10.9 Å². The minimum atomic E-state index is -0.652. The van der Waals surface area contributed by atoms with Crippen molar-refractivity contribution >= 4 is 23.3 Å². The highest BCUT2D eigenvalue weighted by Gasteiger charge is 2.35. The van der Waals surface area contributed by atoms with Gasteiger partial charge >= 0.3 is 17.8 Å². The third kappa shape index (κ3) is 4.19. The van der Waals surface area contributed by atoms with Crippen molar-refractivity contribution in [2.45, 2.75) is 12.5 Å². The lowest BCUT2D eigenvalue weighted by Crippen LogP contribution is -2.71. The summed E-state index contributed by atoms with van der Waals surface area (Å²) >= 11 is 5.84. The Kier molecular flexibility index (Phi) is 5.50. The molecule has 3 rings (SSSR count). The molecule has 3 N–H and O–H groups in total. The fraction of sp³-hybridized carbons (Fsp3) is 0.167. The van der Waals surface area contributed by atoms with E-state index in [-0.39, 0.29) is 6.61 Å². The van der Waals surface area contributed by atoms with Crippen LogP contribution < -0.4 is 15.3 Å². The summed E-state index contributed by atoms with van der Waals surface area (Å²) in [7, 11) is 0. The van der Waals surface area contributed by atoms with Gasteiger partial charge in [0.15, 0.2) is 0 Å². The first-order valence-electron chi connectivity index (χ1n) is 7.95. The first kappa shape index (κ1) is 17.9. The van der Waals surface area contributed by atoms with Gasteiger partial charge in [0.05, 0.1) is 0 Å². The van der Waals surface area contributed by atoms with Crippen LogP contribution >= 0.6 is 11.6 Å². The summed E-state index contributed by atoms with van der Waals surface area (Å²) in [6.45, 7) is -0.243. The van der Waals surface area contributed by atoms with Gasteiger partial charge in [-0.2, -0.15) is 9.52 Å². The van der Waals surface area contributed by atoms with Crippen molar-refractivity contribution in [3.05, 3.63) is 81.8 Å². The fourth-order valence-corrected chi connectivity index (χ4v) is 2.69. The quantitative estimate of drug-likeness (QED) is 0.340. The third-order valence-electron chi connectivity index (χ3n) is 3.80. The fourth-order valence-electron chi connectivity index (χ4n) is 2.56. The van der Waals surface area contributed by atoms with E-state index in [1.54, 1.807) is 24.3 Å². The molecule has 1 heterocycles. The summed E-state index contributed by atoms with van der Waals surface area (Å²) in [5.74, 6) is 0. The second-order valence-corrected chi connectivity index (χ2v) is 6.11. The Hall–Kier alpha value is -2.90. The molecule has 0 fully saturated rings. The molecule has 0 saturated heterocycles. The molecule has 3 aromatic rings. The van der Waals surface area contributed by atoms with Crippen molar-refractivity contribution in [1.82, 2.24) is 4.85 Å². The van der Waals surface area contributed by atoms with E-state index < -0.39 is 17.7 Å². The van der Waals surface area contributed by atoms with Crippen LogP contribution in [0.3, 0.4) is 0 Å². The van der Waals surface area contributed by atoms with Crippen molar-refractivity contribution in [3.63, 3.8) is 0 Å². The van der Waals surface area contributed by atoms with Gasteiger partial charge in [0.25, 0.3) is 0 Å². The van der Waals surface area contributed by atoms with Crippen LogP contribution in [0.5, 0.6) is 0 Å². The number of halogens is 1. The van der Waals surface area contributed by atoms with Crippen molar-refractivity contribution in [2.24, 2.45) is 0 Å². The van der Waals surface area contributed by atoms with Gasteiger partial charge in [0.1, 0.15) is 12.3 Å². The Bertz CT molecular complexity index is 949. The minimum absolute atomic E-state index is 0.243. The summed E-state index contributed by atoms with van der Waals surface area (Å²) in [6, 6.07) is 15.2. The van der Waals surface area contributed by atoms with Crippen LogP contribution in [-0.2, 0) is 6.42 Å². The van der Waals surface area contributed by atoms with Gasteiger partial charge in [-0.25, -0.2) is 4.79 Å². The predicted molar refractivity (Wildman–Crippen MR) is 94.5 cm³/mol. The standard InChI is InChI=1S/C18H16ClN3O4/c19-14-6-8-15(9-7-14)20-18(25)22-21(11-17(24)26-22)16(12-23)10-13-4-2-1-3-5-13/h1-9,11,16,23H,10,12H2/p+2. The molecular weight excluding hydrogens is 358 g/mol. The van der Waals surface area contributed by atoms with Gasteiger partial charge in [-0.1, -0.05) is 41.9 Å². The number of aliphatic hydroxyl groups is 2. The molecule has 2 aromatic carbocycles. The number of rotatable bonds is 5. The van der Waals surface area contributed by atoms with Crippen LogP contribution in [-0.4, -0.2) is 27.7 Å². The molecule has 1 atom stereocenters. The summed E-state index contributed by atoms with van der Waals surface area (Å²) in [4.78, 5) is 15.4. The molecular formula is C18H18ClN3O4+2. The number of nitrogens with one attached hydrogen (secondary N) is 1. The molecule has 0 spiro atoms. The molecule has 1 unspecified atom stereocenters. The molecule has 0 aliphatic heterocycles. The van der Waals surface area contributed by atoms with Crippen LogP contribution in [0.4, 0.5) is 5.69 Å². The molecule has 0 amide bonds. The van der Waals surface area contributed by atoms with E-state index in [2.05, 4.69) is 4.99 Å². The molecule has 26 heavy (non-hydrogen) atoms. The smallest absolute Gasteiger partial charge is 0.440 e. The molecule has 1 aromatic heterocycles. The molecule has 8 heteroatoms. The first-order valence-corrected chi connectivity index (χ1v) is 8.33. The maximum absolute atomic E-state index is 11.7. The van der Waals surface area contributed by atoms with Gasteiger partial charge in [-0.15, -0.1) is 0 Å². The summed E-state index contributed by atoms with van der Waals surface area (Å²) in [5.41, 5.74) is 0.878. The van der Waals surface area contributed by atoms with Crippen molar-refractivity contribution in [1.29, 1.82) is 0 Å². The Morgan fingerprint density at radius 3 is 2.54 bits per heavy atom. The Morgan fingerprint density at radius 1 is 1.19 bits per heavy atom. The van der Waals surface area contributed by atoms with Crippen LogP contribution in [0.1, 0.15) is 11.6 Å². The average molecular weight is 376 g/mol. The third-order valence-corrected chi connectivity index (χ3v) is 4.06. The number of aliphatic hydroxyl groups excluding tert-OH is 2. The first-order chi connectivity index (χ1) is 12.6. The number of aromatic nitrogens is 2. The Morgan fingerprint density at radius 2 is 1.88 bits per heavy atom. The van der Waals surface area contributed by atoms with E-state index in [9.17, 15) is 15.0 Å². The highest BCUT2D eigenvalue weighted by Crippen LogP contribution is 2.09. The second kappa shape index (κ2) is 7.99. The van der Waals surface area contributed by atoms with Crippen molar-refractivity contribution in [2.75, 3.05) is 6.61 Å². The van der Waals surface area contributed by atoms with Crippen molar-refractivity contribution < 1.29 is 24.4 Å². The lowest BCUT2D eigenvalue weighted by Gasteiger charge is -2.05. The van der Waals surface area contributed by atoms with E-state index in [0.717, 1.165) is 10.4 Å². The monoisotopic (exact) mass is 375 g/mol. The molecule has 0 aliphatic rings. The molecule has 0 saturated carbocycles. The molecule has 134 valence electrons. The van der Waals surface area contributed by atoms with Crippen LogP contribution in [0.2, 0.25) is 5.02 Å². The van der Waals surface area contributed by atoms with Crippen LogP contribution in [0.15, 0.2) is 70.1 Å². The van der Waals surface area contributed by atoms with E-state index in [1.165, 1.54) is 10.9 Å². The molecule has 0 radical (unpaired) electrons. The summed E-state index contributed by atoms with van der Waals surface area (Å²) < 4.78 is 6.38. The van der Waals surface area contributed by atoms with Gasteiger partial charge in [0, 0.05) is 16.1 Å². The van der Waals surface area contributed by atoms with E-state index in [1.807, 2.05) is 30.3 Å². The SMILES string of the molecule is O=c1c[n+](C(CO)Cc2ccccc2)n(C(O)=[NH+]c2ccc(Cl)cc2)o1. The van der Waals surface area contributed by atoms with Crippen molar-refractivity contribution in [3.8, 4) is 0 Å². The number of hydrogen-bond donors (Lipinski definition) is 3. The zero-order valence-electron chi connectivity index (χ0n) is 13.7. The van der Waals surface area contributed by atoms with E-state index in [0.29, 0.717) is 17.1 Å². The minimum Gasteiger partial charge on any atom is -0.440 e. The summed E-state index contributed by atoms with van der Waals surface area (Å²) in [6.07, 6.45) is 1.64. The lowest BCUT2D eigenvalue weighted by atomic mass is 10.1.